The molecule has 21 heavy (non-hydrogen) atoms. The zero-order valence-electron chi connectivity index (χ0n) is 12.2. The van der Waals surface area contributed by atoms with Crippen LogP contribution in [0.4, 0.5) is 0 Å². The summed E-state index contributed by atoms with van der Waals surface area (Å²) in [6.07, 6.45) is 5.86. The smallest absolute Gasteiger partial charge is 0.0846 e. The first kappa shape index (κ1) is 13.5. The minimum absolute atomic E-state index is 0.0942. The SMILES string of the molecule is NC(CC1OCCc2ccccc21)c1cc2c(s1)CCC2. The molecular weight excluding hydrogens is 278 g/mol. The largest absolute Gasteiger partial charge is 0.373 e. The summed E-state index contributed by atoms with van der Waals surface area (Å²) in [6.45, 7) is 0.815. The topological polar surface area (TPSA) is 35.2 Å². The highest BCUT2D eigenvalue weighted by molar-refractivity contribution is 7.12. The Balaban J connectivity index is 1.53. The van der Waals surface area contributed by atoms with Crippen LogP contribution in [0.1, 0.15) is 51.4 Å². The first-order chi connectivity index (χ1) is 10.3. The van der Waals surface area contributed by atoms with Crippen LogP contribution < -0.4 is 5.73 Å². The van der Waals surface area contributed by atoms with Crippen LogP contribution in [-0.4, -0.2) is 6.61 Å². The van der Waals surface area contributed by atoms with E-state index in [-0.39, 0.29) is 12.1 Å². The molecule has 0 spiro atoms. The van der Waals surface area contributed by atoms with Gasteiger partial charge in [-0.05, 0) is 54.9 Å². The van der Waals surface area contributed by atoms with Gasteiger partial charge in [0.15, 0.2) is 0 Å². The minimum Gasteiger partial charge on any atom is -0.373 e. The molecule has 2 unspecified atom stereocenters. The van der Waals surface area contributed by atoms with Crippen molar-refractivity contribution < 1.29 is 4.74 Å². The van der Waals surface area contributed by atoms with Gasteiger partial charge in [-0.15, -0.1) is 11.3 Å². The van der Waals surface area contributed by atoms with Gasteiger partial charge in [-0.1, -0.05) is 24.3 Å². The van der Waals surface area contributed by atoms with E-state index in [0.717, 1.165) is 19.4 Å². The lowest BCUT2D eigenvalue weighted by Gasteiger charge is -2.27. The molecule has 0 bridgehead atoms. The molecule has 1 aromatic heterocycles. The Bertz CT molecular complexity index is 627. The lowest BCUT2D eigenvalue weighted by molar-refractivity contribution is 0.0322. The van der Waals surface area contributed by atoms with Crippen molar-refractivity contribution in [3.63, 3.8) is 0 Å². The van der Waals surface area contributed by atoms with Crippen molar-refractivity contribution in [2.24, 2.45) is 5.73 Å². The molecule has 2 atom stereocenters. The fourth-order valence-electron chi connectivity index (χ4n) is 3.55. The Kier molecular flexibility index (Phi) is 3.57. The normalized spacial score (nSPS) is 21.9. The average molecular weight is 299 g/mol. The standard InChI is InChI=1S/C18H21NOS/c19-15(18-10-13-5-3-7-17(13)21-18)11-16-14-6-2-1-4-12(14)8-9-20-16/h1-2,4,6,10,15-16H,3,5,7-9,11,19H2. The summed E-state index contributed by atoms with van der Waals surface area (Å²) in [5.74, 6) is 0. The maximum absolute atomic E-state index is 6.47. The molecule has 1 aromatic carbocycles. The van der Waals surface area contributed by atoms with E-state index in [9.17, 15) is 0 Å². The number of ether oxygens (including phenoxy) is 1. The summed E-state index contributed by atoms with van der Waals surface area (Å²) in [4.78, 5) is 2.90. The van der Waals surface area contributed by atoms with Crippen LogP contribution >= 0.6 is 11.3 Å². The van der Waals surface area contributed by atoms with Crippen LogP contribution in [0.25, 0.3) is 0 Å². The molecule has 2 N–H and O–H groups in total. The van der Waals surface area contributed by atoms with Crippen molar-refractivity contribution in [2.45, 2.75) is 44.2 Å². The van der Waals surface area contributed by atoms with Gasteiger partial charge in [-0.3, -0.25) is 0 Å². The van der Waals surface area contributed by atoms with Crippen LogP contribution in [0.3, 0.4) is 0 Å². The van der Waals surface area contributed by atoms with Gasteiger partial charge in [-0.2, -0.15) is 0 Å². The third kappa shape index (κ3) is 2.54. The molecule has 3 heteroatoms. The Morgan fingerprint density at radius 1 is 1.19 bits per heavy atom. The van der Waals surface area contributed by atoms with Gasteiger partial charge in [0.25, 0.3) is 0 Å². The predicted octanol–water partition coefficient (Wildman–Crippen LogP) is 3.94. The lowest BCUT2D eigenvalue weighted by Crippen LogP contribution is -2.21. The molecule has 2 heterocycles. The first-order valence-corrected chi connectivity index (χ1v) is 8.69. The Labute approximate surface area is 129 Å². The fraction of sp³-hybridized carbons (Fsp3) is 0.444. The average Bonchev–Trinajstić information content (AvgIpc) is 3.09. The van der Waals surface area contributed by atoms with Crippen molar-refractivity contribution in [2.75, 3.05) is 6.61 Å². The van der Waals surface area contributed by atoms with Crippen LogP contribution in [0.15, 0.2) is 30.3 Å². The summed E-state index contributed by atoms with van der Waals surface area (Å²) in [7, 11) is 0. The van der Waals surface area contributed by atoms with E-state index in [2.05, 4.69) is 30.3 Å². The van der Waals surface area contributed by atoms with Crippen molar-refractivity contribution in [3.8, 4) is 0 Å². The van der Waals surface area contributed by atoms with E-state index in [1.165, 1.54) is 40.8 Å². The number of hydrogen-bond acceptors (Lipinski definition) is 3. The van der Waals surface area contributed by atoms with Gasteiger partial charge < -0.3 is 10.5 Å². The van der Waals surface area contributed by atoms with Crippen LogP contribution in [-0.2, 0) is 24.0 Å². The Morgan fingerprint density at radius 2 is 2.10 bits per heavy atom. The number of benzene rings is 1. The molecule has 110 valence electrons. The first-order valence-electron chi connectivity index (χ1n) is 7.88. The van der Waals surface area contributed by atoms with Gasteiger partial charge in [0.1, 0.15) is 0 Å². The summed E-state index contributed by atoms with van der Waals surface area (Å²) in [5, 5.41) is 0. The number of thiophene rings is 1. The molecule has 1 aliphatic heterocycles. The lowest BCUT2D eigenvalue weighted by atomic mass is 9.93. The molecule has 4 rings (SSSR count). The number of rotatable bonds is 3. The van der Waals surface area contributed by atoms with Crippen molar-refractivity contribution >= 4 is 11.3 Å². The fourth-order valence-corrected chi connectivity index (χ4v) is 4.83. The highest BCUT2D eigenvalue weighted by Crippen LogP contribution is 2.38. The highest BCUT2D eigenvalue weighted by atomic mass is 32.1. The number of hydrogen-bond donors (Lipinski definition) is 1. The third-order valence-electron chi connectivity index (χ3n) is 4.69. The van der Waals surface area contributed by atoms with E-state index in [1.54, 1.807) is 4.88 Å². The molecule has 0 saturated heterocycles. The molecular formula is C18H21NOS. The third-order valence-corrected chi connectivity index (χ3v) is 6.06. The molecule has 0 amide bonds. The van der Waals surface area contributed by atoms with Gasteiger partial charge in [0.2, 0.25) is 0 Å². The van der Waals surface area contributed by atoms with E-state index in [0.29, 0.717) is 0 Å². The predicted molar refractivity (Wildman–Crippen MR) is 86.7 cm³/mol. The summed E-state index contributed by atoms with van der Waals surface area (Å²) >= 11 is 1.92. The monoisotopic (exact) mass is 299 g/mol. The Morgan fingerprint density at radius 3 is 3.00 bits per heavy atom. The second-order valence-electron chi connectivity index (χ2n) is 6.10. The zero-order valence-corrected chi connectivity index (χ0v) is 13.0. The summed E-state index contributed by atoms with van der Waals surface area (Å²) in [6, 6.07) is 11.1. The van der Waals surface area contributed by atoms with E-state index in [1.807, 2.05) is 11.3 Å². The minimum atomic E-state index is 0.0942. The second-order valence-corrected chi connectivity index (χ2v) is 7.27. The van der Waals surface area contributed by atoms with Gasteiger partial charge in [-0.25, -0.2) is 0 Å². The Hall–Kier alpha value is -1.16. The van der Waals surface area contributed by atoms with Gasteiger partial charge >= 0.3 is 0 Å². The number of nitrogens with two attached hydrogens (primary N) is 1. The number of aryl methyl sites for hydroxylation is 2. The van der Waals surface area contributed by atoms with Crippen LogP contribution in [0, 0.1) is 0 Å². The second kappa shape index (κ2) is 5.56. The van der Waals surface area contributed by atoms with E-state index >= 15 is 0 Å². The van der Waals surface area contributed by atoms with Crippen molar-refractivity contribution in [3.05, 3.63) is 56.8 Å². The summed E-state index contributed by atoms with van der Waals surface area (Å²) < 4.78 is 6.00. The molecule has 0 fully saturated rings. The molecule has 2 aromatic rings. The quantitative estimate of drug-likeness (QED) is 0.931. The van der Waals surface area contributed by atoms with Gasteiger partial charge in [0.05, 0.1) is 12.7 Å². The molecule has 2 aliphatic rings. The molecule has 2 nitrogen and oxygen atoms in total. The van der Waals surface area contributed by atoms with E-state index < -0.39 is 0 Å². The summed E-state index contributed by atoms with van der Waals surface area (Å²) in [5.41, 5.74) is 10.8. The van der Waals surface area contributed by atoms with E-state index in [4.69, 9.17) is 10.5 Å². The maximum Gasteiger partial charge on any atom is 0.0846 e. The van der Waals surface area contributed by atoms with Crippen LogP contribution in [0.2, 0.25) is 0 Å². The zero-order chi connectivity index (χ0) is 14.2. The number of fused-ring (bicyclic) bond motifs is 2. The van der Waals surface area contributed by atoms with Crippen molar-refractivity contribution in [1.29, 1.82) is 0 Å². The van der Waals surface area contributed by atoms with Crippen molar-refractivity contribution in [1.82, 2.24) is 0 Å². The van der Waals surface area contributed by atoms with Crippen LogP contribution in [0.5, 0.6) is 0 Å². The van der Waals surface area contributed by atoms with Gasteiger partial charge in [0, 0.05) is 15.8 Å². The maximum atomic E-state index is 6.47. The molecule has 0 saturated carbocycles. The molecule has 0 radical (unpaired) electrons. The highest BCUT2D eigenvalue weighted by Gasteiger charge is 2.25. The molecule has 1 aliphatic carbocycles.